The zero-order chi connectivity index (χ0) is 20.8. The molecule has 0 bridgehead atoms. The second-order valence-corrected chi connectivity index (χ2v) is 8.00. The minimum atomic E-state index is -0.335. The molecule has 1 N–H and O–H groups in total. The number of hydrogen-bond donors (Lipinski definition) is 1. The first-order chi connectivity index (χ1) is 14.0. The van der Waals surface area contributed by atoms with Crippen LogP contribution in [0.1, 0.15) is 18.2 Å². The summed E-state index contributed by atoms with van der Waals surface area (Å²) in [6.45, 7) is 4.11. The Morgan fingerprint density at radius 3 is 2.90 bits per heavy atom. The number of aryl methyl sites for hydroxylation is 1. The summed E-state index contributed by atoms with van der Waals surface area (Å²) >= 11 is 2.57. The van der Waals surface area contributed by atoms with Crippen molar-refractivity contribution in [2.45, 2.75) is 25.4 Å². The highest BCUT2D eigenvalue weighted by atomic mass is 32.2. The van der Waals surface area contributed by atoms with Gasteiger partial charge >= 0.3 is 5.97 Å². The number of esters is 1. The summed E-state index contributed by atoms with van der Waals surface area (Å²) in [7, 11) is 1.88. The van der Waals surface area contributed by atoms with Gasteiger partial charge in [-0.25, -0.2) is 4.98 Å². The second kappa shape index (κ2) is 9.66. The van der Waals surface area contributed by atoms with E-state index in [1.54, 1.807) is 12.3 Å². The van der Waals surface area contributed by atoms with Gasteiger partial charge in [0.1, 0.15) is 0 Å². The zero-order valence-electron chi connectivity index (χ0n) is 16.3. The third-order valence-electron chi connectivity index (χ3n) is 3.87. The third kappa shape index (κ3) is 5.64. The van der Waals surface area contributed by atoms with Gasteiger partial charge in [-0.05, 0) is 19.9 Å². The lowest BCUT2D eigenvalue weighted by Crippen LogP contribution is -2.14. The zero-order valence-corrected chi connectivity index (χ0v) is 18.0. The molecule has 1 aromatic carbocycles. The number of thioether (sulfide) groups is 1. The quantitative estimate of drug-likeness (QED) is 0.432. The van der Waals surface area contributed by atoms with Gasteiger partial charge in [0.25, 0.3) is 0 Å². The Balaban J connectivity index is 1.55. The van der Waals surface area contributed by atoms with Crippen LogP contribution < -0.4 is 5.32 Å². The number of anilines is 1. The summed E-state index contributed by atoms with van der Waals surface area (Å²) in [6.07, 6.45) is 0.0929. The van der Waals surface area contributed by atoms with Crippen molar-refractivity contribution in [1.29, 1.82) is 0 Å². The minimum Gasteiger partial charge on any atom is -0.466 e. The molecule has 2 aromatic heterocycles. The van der Waals surface area contributed by atoms with Gasteiger partial charge in [-0.3, -0.25) is 9.59 Å². The van der Waals surface area contributed by atoms with Crippen molar-refractivity contribution in [3.8, 4) is 11.4 Å². The van der Waals surface area contributed by atoms with E-state index in [9.17, 15) is 9.59 Å². The van der Waals surface area contributed by atoms with Crippen LogP contribution in [-0.2, 0) is 27.8 Å². The number of carbonyl (C=O) groups excluding carboxylic acids is 2. The molecule has 0 aliphatic carbocycles. The van der Waals surface area contributed by atoms with Crippen molar-refractivity contribution >= 4 is 40.1 Å². The Morgan fingerprint density at radius 1 is 1.31 bits per heavy atom. The number of rotatable bonds is 8. The first kappa shape index (κ1) is 21.0. The number of nitrogens with one attached hydrogen (secondary N) is 1. The molecule has 0 spiro atoms. The first-order valence-corrected chi connectivity index (χ1v) is 10.8. The maximum Gasteiger partial charge on any atom is 0.311 e. The third-order valence-corrected chi connectivity index (χ3v) is 5.70. The summed E-state index contributed by atoms with van der Waals surface area (Å²) in [4.78, 5) is 28.0. The predicted molar refractivity (Wildman–Crippen MR) is 113 cm³/mol. The maximum absolute atomic E-state index is 12.2. The van der Waals surface area contributed by atoms with E-state index in [-0.39, 0.29) is 24.1 Å². The molecule has 3 rings (SSSR count). The molecule has 2 heterocycles. The number of thiazole rings is 1. The Kier molecular flexibility index (Phi) is 6.99. The fraction of sp³-hybridized carbons (Fsp3) is 0.316. The van der Waals surface area contributed by atoms with E-state index in [1.807, 2.05) is 42.8 Å². The van der Waals surface area contributed by atoms with Gasteiger partial charge in [-0.1, -0.05) is 35.5 Å². The molecule has 10 heteroatoms. The first-order valence-electron chi connectivity index (χ1n) is 8.95. The highest BCUT2D eigenvalue weighted by molar-refractivity contribution is 7.99. The van der Waals surface area contributed by atoms with E-state index >= 15 is 0 Å². The molecular weight excluding hydrogens is 410 g/mol. The molecule has 29 heavy (non-hydrogen) atoms. The predicted octanol–water partition coefficient (Wildman–Crippen LogP) is 3.08. The molecule has 0 saturated heterocycles. The summed E-state index contributed by atoms with van der Waals surface area (Å²) < 4.78 is 6.76. The Bertz CT molecular complexity index is 1010. The van der Waals surface area contributed by atoms with E-state index in [2.05, 4.69) is 20.5 Å². The van der Waals surface area contributed by atoms with E-state index < -0.39 is 0 Å². The van der Waals surface area contributed by atoms with Gasteiger partial charge in [-0.15, -0.1) is 21.5 Å². The molecule has 1 amide bonds. The average molecular weight is 432 g/mol. The molecule has 0 fully saturated rings. The van der Waals surface area contributed by atoms with Crippen molar-refractivity contribution in [2.24, 2.45) is 7.05 Å². The van der Waals surface area contributed by atoms with Crippen LogP contribution in [0.2, 0.25) is 0 Å². The summed E-state index contributed by atoms with van der Waals surface area (Å²) in [5.74, 6) is 0.386. The van der Waals surface area contributed by atoms with E-state index in [4.69, 9.17) is 4.74 Å². The highest BCUT2D eigenvalue weighted by Gasteiger charge is 2.14. The van der Waals surface area contributed by atoms with Crippen molar-refractivity contribution in [2.75, 3.05) is 17.7 Å². The second-order valence-electron chi connectivity index (χ2n) is 6.20. The van der Waals surface area contributed by atoms with Gasteiger partial charge in [0, 0.05) is 18.0 Å². The Labute approximate surface area is 176 Å². The van der Waals surface area contributed by atoms with E-state index in [0.717, 1.165) is 17.0 Å². The summed E-state index contributed by atoms with van der Waals surface area (Å²) in [6, 6.07) is 8.02. The van der Waals surface area contributed by atoms with Crippen LogP contribution in [-0.4, -0.2) is 44.0 Å². The van der Waals surface area contributed by atoms with Gasteiger partial charge < -0.3 is 14.6 Å². The Hall–Kier alpha value is -2.72. The molecule has 0 radical (unpaired) electrons. The molecule has 0 unspecified atom stereocenters. The normalized spacial score (nSPS) is 10.7. The van der Waals surface area contributed by atoms with Crippen molar-refractivity contribution in [3.63, 3.8) is 0 Å². The number of amides is 1. The number of nitrogens with zero attached hydrogens (tertiary/aromatic N) is 4. The fourth-order valence-electron chi connectivity index (χ4n) is 2.57. The van der Waals surface area contributed by atoms with Crippen LogP contribution in [0.3, 0.4) is 0 Å². The lowest BCUT2D eigenvalue weighted by atomic mass is 10.1. The molecule has 0 aliphatic heterocycles. The molecule has 0 saturated carbocycles. The van der Waals surface area contributed by atoms with Crippen LogP contribution in [0.25, 0.3) is 11.4 Å². The van der Waals surface area contributed by atoms with Crippen LogP contribution in [0.15, 0.2) is 34.8 Å². The lowest BCUT2D eigenvalue weighted by Gasteiger charge is -2.05. The van der Waals surface area contributed by atoms with Crippen LogP contribution in [0.4, 0.5) is 5.13 Å². The number of aromatic nitrogens is 4. The van der Waals surface area contributed by atoms with Gasteiger partial charge in [0.2, 0.25) is 5.91 Å². The molecule has 3 aromatic rings. The summed E-state index contributed by atoms with van der Waals surface area (Å²) in [5, 5.41) is 14.0. The van der Waals surface area contributed by atoms with Gasteiger partial charge in [-0.2, -0.15) is 0 Å². The monoisotopic (exact) mass is 431 g/mol. The molecule has 152 valence electrons. The number of carbonyl (C=O) groups is 2. The van der Waals surface area contributed by atoms with Crippen LogP contribution in [0, 0.1) is 6.92 Å². The smallest absolute Gasteiger partial charge is 0.311 e. The SMILES string of the molecule is CCOC(=O)Cc1csc(NC(=O)CSc2nnc(-c3cccc(C)c3)n2C)n1. The van der Waals surface area contributed by atoms with Crippen LogP contribution >= 0.6 is 23.1 Å². The summed E-state index contributed by atoms with van der Waals surface area (Å²) in [5.41, 5.74) is 2.70. The topological polar surface area (TPSA) is 99.0 Å². The van der Waals surface area contributed by atoms with E-state index in [1.165, 1.54) is 23.1 Å². The number of ether oxygens (including phenoxy) is 1. The minimum absolute atomic E-state index is 0.0929. The molecular formula is C19H21N5O3S2. The number of benzene rings is 1. The van der Waals surface area contributed by atoms with Crippen molar-refractivity contribution in [1.82, 2.24) is 19.7 Å². The van der Waals surface area contributed by atoms with Crippen molar-refractivity contribution in [3.05, 3.63) is 40.9 Å². The lowest BCUT2D eigenvalue weighted by molar-refractivity contribution is -0.142. The van der Waals surface area contributed by atoms with Crippen LogP contribution in [0.5, 0.6) is 0 Å². The average Bonchev–Trinajstić information content (AvgIpc) is 3.26. The van der Waals surface area contributed by atoms with Crippen molar-refractivity contribution < 1.29 is 14.3 Å². The van der Waals surface area contributed by atoms with Gasteiger partial charge in [0.15, 0.2) is 16.1 Å². The highest BCUT2D eigenvalue weighted by Crippen LogP contribution is 2.23. The van der Waals surface area contributed by atoms with Gasteiger partial charge in [0.05, 0.1) is 24.5 Å². The maximum atomic E-state index is 12.2. The Morgan fingerprint density at radius 2 is 2.14 bits per heavy atom. The largest absolute Gasteiger partial charge is 0.466 e. The molecule has 0 atom stereocenters. The fourth-order valence-corrected chi connectivity index (χ4v) is 4.00. The number of hydrogen-bond acceptors (Lipinski definition) is 8. The van der Waals surface area contributed by atoms with E-state index in [0.29, 0.717) is 22.6 Å². The molecule has 0 aliphatic rings. The molecule has 8 nitrogen and oxygen atoms in total. The standard InChI is InChI=1S/C19H21N5O3S2/c1-4-27-16(26)9-14-10-28-18(20-14)21-15(25)11-29-19-23-22-17(24(19)3)13-7-5-6-12(2)8-13/h5-8,10H,4,9,11H2,1-3H3,(H,20,21,25).